The minimum absolute atomic E-state index is 0.155. The van der Waals surface area contributed by atoms with Gasteiger partial charge in [-0.3, -0.25) is 9.97 Å². The van der Waals surface area contributed by atoms with Crippen LogP contribution in [-0.4, -0.2) is 69.2 Å². The van der Waals surface area contributed by atoms with Gasteiger partial charge >= 0.3 is 47.6 Å². The summed E-state index contributed by atoms with van der Waals surface area (Å²) in [5, 5.41) is 0. The molecule has 3 aromatic heterocycles. The van der Waals surface area contributed by atoms with Crippen LogP contribution in [0.25, 0.3) is 33.9 Å². The highest BCUT2D eigenvalue weighted by Gasteiger charge is 2.95. The Bertz CT molecular complexity index is 1790. The van der Waals surface area contributed by atoms with Crippen molar-refractivity contribution in [3.8, 4) is 39.7 Å². The summed E-state index contributed by atoms with van der Waals surface area (Å²) in [5.41, 5.74) is 2.90. The quantitative estimate of drug-likeness (QED) is 0.0944. The number of halogens is 17. The third-order valence-corrected chi connectivity index (χ3v) is 7.56. The van der Waals surface area contributed by atoms with E-state index in [1.54, 1.807) is 48.5 Å². The molecular formula is C32H20F17N3O. The van der Waals surface area contributed by atoms with Gasteiger partial charge in [-0.05, 0) is 66.1 Å². The molecule has 53 heavy (non-hydrogen) atoms. The van der Waals surface area contributed by atoms with Gasteiger partial charge < -0.3 is 4.74 Å². The van der Waals surface area contributed by atoms with E-state index < -0.39 is 67.1 Å². The van der Waals surface area contributed by atoms with Crippen molar-refractivity contribution in [1.82, 2.24) is 15.0 Å². The molecule has 0 radical (unpaired) electrons. The van der Waals surface area contributed by atoms with Gasteiger partial charge in [-0.15, -0.1) is 0 Å². The lowest BCUT2D eigenvalue weighted by Crippen LogP contribution is -2.74. The normalized spacial score (nSPS) is 14.0. The molecule has 0 saturated heterocycles. The zero-order valence-electron chi connectivity index (χ0n) is 25.9. The minimum atomic E-state index is -8.66. The summed E-state index contributed by atoms with van der Waals surface area (Å²) in [6.07, 6.45) is -8.74. The number of hydrogen-bond acceptors (Lipinski definition) is 4. The predicted octanol–water partition coefficient (Wildman–Crippen LogP) is 11.0. The van der Waals surface area contributed by atoms with Crippen molar-refractivity contribution < 1.29 is 79.4 Å². The molecular weight excluding hydrogens is 765 g/mol. The first-order chi connectivity index (χ1) is 24.2. The summed E-state index contributed by atoms with van der Waals surface area (Å²) in [7, 11) is 0. The highest BCUT2D eigenvalue weighted by molar-refractivity contribution is 5.74. The maximum absolute atomic E-state index is 14.2. The number of alkyl halides is 17. The fourth-order valence-electron chi connectivity index (χ4n) is 4.57. The van der Waals surface area contributed by atoms with E-state index in [1.807, 2.05) is 0 Å². The van der Waals surface area contributed by atoms with Gasteiger partial charge in [-0.1, -0.05) is 24.3 Å². The van der Waals surface area contributed by atoms with Crippen LogP contribution < -0.4 is 4.74 Å². The standard InChI is InChI=1S/C32H20F17N3O/c33-25(34,26(35,36)27(37,38)28(39,40)29(41,42)30(43,44)31(45,46)32(47,48)49)12-5-15-53-20-10-8-18(9-11-20)19-16-23(21-6-1-3-13-50-21)52-24(17-19)22-7-2-4-14-51-22/h1-4,6-11,13-14,16-17H,5,12,15H2. The van der Waals surface area contributed by atoms with Crippen LogP contribution in [0.1, 0.15) is 12.8 Å². The van der Waals surface area contributed by atoms with Crippen LogP contribution in [0.5, 0.6) is 5.75 Å². The van der Waals surface area contributed by atoms with Crippen molar-refractivity contribution in [3.63, 3.8) is 0 Å². The third kappa shape index (κ3) is 7.17. The molecule has 0 spiro atoms. The Morgan fingerprint density at radius 1 is 0.453 bits per heavy atom. The predicted molar refractivity (Wildman–Crippen MR) is 152 cm³/mol. The van der Waals surface area contributed by atoms with Crippen LogP contribution >= 0.6 is 0 Å². The Hall–Kier alpha value is -4.72. The van der Waals surface area contributed by atoms with Crippen LogP contribution in [-0.2, 0) is 0 Å². The van der Waals surface area contributed by atoms with Gasteiger partial charge in [0.25, 0.3) is 0 Å². The van der Waals surface area contributed by atoms with Gasteiger partial charge in [0, 0.05) is 18.8 Å². The highest BCUT2D eigenvalue weighted by atomic mass is 19.4. The van der Waals surface area contributed by atoms with Crippen molar-refractivity contribution >= 4 is 0 Å². The molecule has 3 heterocycles. The van der Waals surface area contributed by atoms with Gasteiger partial charge in [0.15, 0.2) is 0 Å². The van der Waals surface area contributed by atoms with Crippen molar-refractivity contribution in [3.05, 3.63) is 85.2 Å². The molecule has 0 fully saturated rings. The maximum atomic E-state index is 14.2. The summed E-state index contributed by atoms with van der Waals surface area (Å²) in [5.74, 6) is -56.7. The molecule has 4 aromatic rings. The van der Waals surface area contributed by atoms with Gasteiger partial charge in [0.1, 0.15) is 5.75 Å². The second-order valence-corrected chi connectivity index (χ2v) is 11.2. The molecule has 0 aliphatic carbocycles. The number of hydrogen-bond donors (Lipinski definition) is 0. The summed E-state index contributed by atoms with van der Waals surface area (Å²) >= 11 is 0. The Kier molecular flexibility index (Phi) is 10.8. The topological polar surface area (TPSA) is 47.9 Å². The largest absolute Gasteiger partial charge is 0.494 e. The summed E-state index contributed by atoms with van der Waals surface area (Å²) < 4.78 is 234. The first-order valence-corrected chi connectivity index (χ1v) is 14.5. The molecule has 0 aliphatic rings. The van der Waals surface area contributed by atoms with Gasteiger partial charge in [0.05, 0.1) is 29.4 Å². The zero-order valence-corrected chi connectivity index (χ0v) is 25.9. The van der Waals surface area contributed by atoms with E-state index in [0.717, 1.165) is 0 Å². The van der Waals surface area contributed by atoms with Crippen LogP contribution in [0, 0.1) is 0 Å². The lowest BCUT2D eigenvalue weighted by molar-refractivity contribution is -0.461. The average Bonchev–Trinajstić information content (AvgIpc) is 3.10. The summed E-state index contributed by atoms with van der Waals surface area (Å²) in [6.45, 7) is -1.05. The minimum Gasteiger partial charge on any atom is -0.494 e. The summed E-state index contributed by atoms with van der Waals surface area (Å²) in [6, 6.07) is 18.8. The molecule has 1 aromatic carbocycles. The molecule has 0 amide bonds. The fraction of sp³-hybridized carbons (Fsp3) is 0.344. The Morgan fingerprint density at radius 2 is 0.887 bits per heavy atom. The van der Waals surface area contributed by atoms with Gasteiger partial charge in [-0.25, -0.2) is 4.98 Å². The van der Waals surface area contributed by atoms with Crippen LogP contribution in [0.3, 0.4) is 0 Å². The first-order valence-electron chi connectivity index (χ1n) is 14.5. The van der Waals surface area contributed by atoms with Gasteiger partial charge in [0.2, 0.25) is 0 Å². The van der Waals surface area contributed by atoms with Crippen molar-refractivity contribution in [1.29, 1.82) is 0 Å². The fourth-order valence-corrected chi connectivity index (χ4v) is 4.57. The molecule has 0 saturated carbocycles. The molecule has 288 valence electrons. The van der Waals surface area contributed by atoms with Crippen LogP contribution in [0.2, 0.25) is 0 Å². The van der Waals surface area contributed by atoms with E-state index >= 15 is 0 Å². The molecule has 4 nitrogen and oxygen atoms in total. The second kappa shape index (κ2) is 13.9. The van der Waals surface area contributed by atoms with Crippen LogP contribution in [0.15, 0.2) is 85.2 Å². The molecule has 4 rings (SSSR count). The third-order valence-electron chi connectivity index (χ3n) is 7.56. The smallest absolute Gasteiger partial charge is 0.460 e. The lowest BCUT2D eigenvalue weighted by Gasteiger charge is -2.42. The van der Waals surface area contributed by atoms with Gasteiger partial charge in [-0.2, -0.15) is 74.6 Å². The van der Waals surface area contributed by atoms with E-state index in [4.69, 9.17) is 4.74 Å². The van der Waals surface area contributed by atoms with Crippen molar-refractivity contribution in [2.45, 2.75) is 60.5 Å². The number of rotatable bonds is 14. The molecule has 0 unspecified atom stereocenters. The Balaban J connectivity index is 1.48. The molecule has 0 bridgehead atoms. The van der Waals surface area contributed by atoms with E-state index in [-0.39, 0.29) is 5.75 Å². The number of pyridine rings is 3. The van der Waals surface area contributed by atoms with E-state index in [2.05, 4.69) is 15.0 Å². The van der Waals surface area contributed by atoms with E-state index in [1.165, 1.54) is 36.7 Å². The van der Waals surface area contributed by atoms with Crippen molar-refractivity contribution in [2.75, 3.05) is 6.61 Å². The summed E-state index contributed by atoms with van der Waals surface area (Å²) in [4.78, 5) is 13.1. The van der Waals surface area contributed by atoms with Crippen molar-refractivity contribution in [2.24, 2.45) is 0 Å². The Labute approximate surface area is 286 Å². The molecule has 0 atom stereocenters. The first kappa shape index (κ1) is 41.0. The van der Waals surface area contributed by atoms with E-state index in [9.17, 15) is 74.6 Å². The second-order valence-electron chi connectivity index (χ2n) is 11.2. The number of ether oxygens (including phenoxy) is 1. The maximum Gasteiger partial charge on any atom is 0.460 e. The number of nitrogens with zero attached hydrogens (tertiary/aromatic N) is 3. The lowest BCUT2D eigenvalue weighted by atomic mass is 9.88. The highest BCUT2D eigenvalue weighted by Crippen LogP contribution is 2.64. The van der Waals surface area contributed by atoms with Crippen LogP contribution in [0.4, 0.5) is 74.6 Å². The number of benzene rings is 1. The SMILES string of the molecule is FC(F)(F)C(F)(F)C(F)(F)C(F)(F)C(F)(F)C(F)(F)C(F)(F)C(F)(F)CCCOc1ccc(-c2cc(-c3ccccn3)nc(-c3ccccn3)c2)cc1. The molecule has 0 aliphatic heterocycles. The number of aromatic nitrogens is 3. The average molecular weight is 785 g/mol. The zero-order chi connectivity index (χ0) is 39.9. The van der Waals surface area contributed by atoms with E-state index in [0.29, 0.717) is 33.9 Å². The monoisotopic (exact) mass is 785 g/mol. The molecule has 0 N–H and O–H groups in total. The molecule has 21 heteroatoms. The Morgan fingerprint density at radius 3 is 1.30 bits per heavy atom.